The fourth-order valence-corrected chi connectivity index (χ4v) is 2.53. The zero-order chi connectivity index (χ0) is 13.3. The van der Waals surface area contributed by atoms with E-state index in [4.69, 9.17) is 5.11 Å². The molecule has 7 heteroatoms. The Morgan fingerprint density at radius 1 is 1.56 bits per heavy atom. The quantitative estimate of drug-likeness (QED) is 0.612. The maximum atomic E-state index is 12.0. The molecular weight excluding hydrogens is 238 g/mol. The summed E-state index contributed by atoms with van der Waals surface area (Å²) in [6.07, 6.45) is 1.55. The van der Waals surface area contributed by atoms with Gasteiger partial charge < -0.3 is 20.6 Å². The summed E-state index contributed by atoms with van der Waals surface area (Å²) in [4.78, 5) is 35.8. The highest BCUT2D eigenvalue weighted by Crippen LogP contribution is 2.27. The molecule has 0 aromatic heterocycles. The zero-order valence-electron chi connectivity index (χ0n) is 10.2. The van der Waals surface area contributed by atoms with Gasteiger partial charge in [-0.3, -0.25) is 9.59 Å². The minimum Gasteiger partial charge on any atom is -0.480 e. The van der Waals surface area contributed by atoms with Crippen molar-refractivity contribution in [1.29, 1.82) is 0 Å². The van der Waals surface area contributed by atoms with Gasteiger partial charge in [0.2, 0.25) is 5.91 Å². The summed E-state index contributed by atoms with van der Waals surface area (Å²) >= 11 is 0. The Balaban J connectivity index is 2.01. The number of hydrogen-bond acceptors (Lipinski definition) is 3. The number of likely N-dealkylation sites (tertiary alicyclic amines) is 1. The van der Waals surface area contributed by atoms with Gasteiger partial charge in [-0.15, -0.1) is 0 Å². The summed E-state index contributed by atoms with van der Waals surface area (Å²) in [6, 6.07) is -1.48. The Morgan fingerprint density at radius 2 is 2.28 bits per heavy atom. The van der Waals surface area contributed by atoms with E-state index in [2.05, 4.69) is 10.6 Å². The largest absolute Gasteiger partial charge is 0.480 e. The van der Waals surface area contributed by atoms with Gasteiger partial charge >= 0.3 is 12.0 Å². The molecule has 2 unspecified atom stereocenters. The Morgan fingerprint density at radius 3 is 2.94 bits per heavy atom. The number of carboxylic acid groups (broad SMARTS) is 1. The molecule has 0 aromatic rings. The van der Waals surface area contributed by atoms with Crippen LogP contribution in [0.3, 0.4) is 0 Å². The van der Waals surface area contributed by atoms with Crippen LogP contribution in [0, 0.1) is 5.92 Å². The number of carbonyl (C=O) groups excluding carboxylic acids is 2. The highest BCUT2D eigenvalue weighted by Gasteiger charge is 2.42. The van der Waals surface area contributed by atoms with E-state index in [-0.39, 0.29) is 17.9 Å². The van der Waals surface area contributed by atoms with E-state index < -0.39 is 18.0 Å². The van der Waals surface area contributed by atoms with Gasteiger partial charge in [0, 0.05) is 13.1 Å². The number of rotatable bonds is 2. The van der Waals surface area contributed by atoms with Crippen molar-refractivity contribution in [1.82, 2.24) is 15.5 Å². The second kappa shape index (κ2) is 4.83. The standard InChI is InChI=1S/C11H17N3O4/c1-6(10(16)17)13-11(18)14-4-2-3-7-8(14)5-12-9(7)15/h6-8H,2-5H2,1H3,(H,12,15)(H,13,18)(H,16,17)/t6-,7?,8?/m1/s1. The minimum atomic E-state index is -1.07. The van der Waals surface area contributed by atoms with Gasteiger partial charge in [-0.25, -0.2) is 4.79 Å². The van der Waals surface area contributed by atoms with Gasteiger partial charge in [0.25, 0.3) is 0 Å². The van der Waals surface area contributed by atoms with Crippen LogP contribution in [0.25, 0.3) is 0 Å². The lowest BCUT2D eigenvalue weighted by Gasteiger charge is -2.36. The summed E-state index contributed by atoms with van der Waals surface area (Å²) in [5.41, 5.74) is 0. The van der Waals surface area contributed by atoms with Crippen molar-refractivity contribution in [2.75, 3.05) is 13.1 Å². The monoisotopic (exact) mass is 255 g/mol. The van der Waals surface area contributed by atoms with Crippen molar-refractivity contribution in [3.63, 3.8) is 0 Å². The molecule has 2 rings (SSSR count). The predicted octanol–water partition coefficient (Wildman–Crippen LogP) is -0.620. The number of urea groups is 1. The molecular formula is C11H17N3O4. The van der Waals surface area contributed by atoms with E-state index in [9.17, 15) is 14.4 Å². The number of hydrogen-bond donors (Lipinski definition) is 3. The number of piperidine rings is 1. The first kappa shape index (κ1) is 12.7. The number of carbonyl (C=O) groups is 3. The Labute approximate surface area is 105 Å². The number of amides is 3. The summed E-state index contributed by atoms with van der Waals surface area (Å²) in [6.45, 7) is 2.44. The number of fused-ring (bicyclic) bond motifs is 1. The van der Waals surface area contributed by atoms with Crippen LogP contribution in [0.4, 0.5) is 4.79 Å². The normalized spacial score (nSPS) is 28.3. The maximum absolute atomic E-state index is 12.0. The Kier molecular flexibility index (Phi) is 3.40. The van der Waals surface area contributed by atoms with Crippen molar-refractivity contribution >= 4 is 17.9 Å². The first-order valence-electron chi connectivity index (χ1n) is 6.08. The van der Waals surface area contributed by atoms with E-state index >= 15 is 0 Å². The SMILES string of the molecule is C[C@@H](NC(=O)N1CCCC2C(=O)NCC21)C(=O)O. The number of nitrogens with one attached hydrogen (secondary N) is 2. The molecule has 2 saturated heterocycles. The lowest BCUT2D eigenvalue weighted by atomic mass is 9.92. The van der Waals surface area contributed by atoms with Crippen LogP contribution in [0.2, 0.25) is 0 Å². The molecule has 2 fully saturated rings. The van der Waals surface area contributed by atoms with Crippen molar-refractivity contribution in [3.8, 4) is 0 Å². The van der Waals surface area contributed by atoms with Gasteiger partial charge in [0.05, 0.1) is 12.0 Å². The second-order valence-electron chi connectivity index (χ2n) is 4.76. The molecule has 3 amide bonds. The molecule has 0 radical (unpaired) electrons. The summed E-state index contributed by atoms with van der Waals surface area (Å²) < 4.78 is 0. The van der Waals surface area contributed by atoms with Gasteiger partial charge in [0.15, 0.2) is 0 Å². The van der Waals surface area contributed by atoms with Crippen molar-refractivity contribution in [3.05, 3.63) is 0 Å². The van der Waals surface area contributed by atoms with Crippen LogP contribution < -0.4 is 10.6 Å². The number of carboxylic acids is 1. The third kappa shape index (κ3) is 2.25. The van der Waals surface area contributed by atoms with Crippen LogP contribution in [0.1, 0.15) is 19.8 Å². The van der Waals surface area contributed by atoms with E-state index in [1.165, 1.54) is 6.92 Å². The first-order chi connectivity index (χ1) is 8.50. The molecule has 18 heavy (non-hydrogen) atoms. The maximum Gasteiger partial charge on any atom is 0.325 e. The molecule has 3 atom stereocenters. The summed E-state index contributed by atoms with van der Waals surface area (Å²) in [5.74, 6) is -1.23. The predicted molar refractivity (Wildman–Crippen MR) is 61.9 cm³/mol. The Bertz CT molecular complexity index is 384. The van der Waals surface area contributed by atoms with Crippen LogP contribution in [-0.2, 0) is 9.59 Å². The average Bonchev–Trinajstić information content (AvgIpc) is 2.71. The van der Waals surface area contributed by atoms with E-state index in [0.717, 1.165) is 12.8 Å². The molecule has 0 spiro atoms. The zero-order valence-corrected chi connectivity index (χ0v) is 10.2. The smallest absolute Gasteiger partial charge is 0.325 e. The lowest BCUT2D eigenvalue weighted by Crippen LogP contribution is -2.55. The van der Waals surface area contributed by atoms with Crippen LogP contribution in [-0.4, -0.2) is 53.1 Å². The summed E-state index contributed by atoms with van der Waals surface area (Å²) in [7, 11) is 0. The first-order valence-corrected chi connectivity index (χ1v) is 6.08. The molecule has 0 bridgehead atoms. The minimum absolute atomic E-state index is 0.0104. The van der Waals surface area contributed by atoms with Gasteiger partial charge in [-0.2, -0.15) is 0 Å². The third-order valence-electron chi connectivity index (χ3n) is 3.57. The Hall–Kier alpha value is -1.79. The van der Waals surface area contributed by atoms with Crippen molar-refractivity contribution in [2.24, 2.45) is 5.92 Å². The van der Waals surface area contributed by atoms with Gasteiger partial charge in [-0.05, 0) is 19.8 Å². The van der Waals surface area contributed by atoms with E-state index in [1.54, 1.807) is 4.90 Å². The van der Waals surface area contributed by atoms with Crippen LogP contribution >= 0.6 is 0 Å². The highest BCUT2D eigenvalue weighted by atomic mass is 16.4. The van der Waals surface area contributed by atoms with Crippen LogP contribution in [0.5, 0.6) is 0 Å². The summed E-state index contributed by atoms with van der Waals surface area (Å²) in [5, 5.41) is 13.9. The molecule has 100 valence electrons. The van der Waals surface area contributed by atoms with E-state index in [0.29, 0.717) is 13.1 Å². The third-order valence-corrected chi connectivity index (χ3v) is 3.57. The highest BCUT2D eigenvalue weighted by molar-refractivity contribution is 5.86. The second-order valence-corrected chi connectivity index (χ2v) is 4.76. The molecule has 7 nitrogen and oxygen atoms in total. The van der Waals surface area contributed by atoms with Gasteiger partial charge in [0.1, 0.15) is 6.04 Å². The molecule has 0 saturated carbocycles. The fourth-order valence-electron chi connectivity index (χ4n) is 2.53. The van der Waals surface area contributed by atoms with Crippen LogP contribution in [0.15, 0.2) is 0 Å². The fraction of sp³-hybridized carbons (Fsp3) is 0.727. The lowest BCUT2D eigenvalue weighted by molar-refractivity contribution is -0.138. The number of nitrogens with zero attached hydrogens (tertiary/aromatic N) is 1. The molecule has 2 aliphatic rings. The molecule has 3 N–H and O–H groups in total. The van der Waals surface area contributed by atoms with E-state index in [1.807, 2.05) is 0 Å². The number of aliphatic carboxylic acids is 1. The molecule has 2 heterocycles. The van der Waals surface area contributed by atoms with Crippen molar-refractivity contribution < 1.29 is 19.5 Å². The van der Waals surface area contributed by atoms with Gasteiger partial charge in [-0.1, -0.05) is 0 Å². The molecule has 0 aromatic carbocycles. The molecule has 2 aliphatic heterocycles. The van der Waals surface area contributed by atoms with Crippen molar-refractivity contribution in [2.45, 2.75) is 31.8 Å². The molecule has 0 aliphatic carbocycles. The topological polar surface area (TPSA) is 98.7 Å². The average molecular weight is 255 g/mol.